The van der Waals surface area contributed by atoms with E-state index in [1.807, 2.05) is 13.0 Å². The molecule has 0 aliphatic rings. The van der Waals surface area contributed by atoms with E-state index >= 15 is 0 Å². The van der Waals surface area contributed by atoms with Crippen molar-refractivity contribution >= 4 is 39.3 Å². The third-order valence-corrected chi connectivity index (χ3v) is 4.10. The van der Waals surface area contributed by atoms with Gasteiger partial charge in [-0.25, -0.2) is 14.8 Å². The van der Waals surface area contributed by atoms with Crippen LogP contribution in [-0.2, 0) is 0 Å². The van der Waals surface area contributed by atoms with Crippen LogP contribution in [0.1, 0.15) is 5.76 Å². The Morgan fingerprint density at radius 2 is 2.29 bits per heavy atom. The summed E-state index contributed by atoms with van der Waals surface area (Å²) < 4.78 is 10.6. The number of furan rings is 1. The molecule has 3 aromatic heterocycles. The van der Waals surface area contributed by atoms with E-state index in [4.69, 9.17) is 20.6 Å². The maximum absolute atomic E-state index is 11.0. The zero-order valence-corrected chi connectivity index (χ0v) is 13.6. The average molecular weight is 345 g/mol. The number of hydrogen-bond acceptors (Lipinski definition) is 8. The first kappa shape index (κ1) is 15.8. The van der Waals surface area contributed by atoms with Crippen LogP contribution in [0.2, 0.25) is 0 Å². The van der Waals surface area contributed by atoms with E-state index in [0.717, 1.165) is 17.1 Å². The van der Waals surface area contributed by atoms with E-state index < -0.39 is 6.09 Å². The minimum Gasteiger partial charge on any atom is -0.460 e. The van der Waals surface area contributed by atoms with Crippen LogP contribution in [-0.4, -0.2) is 22.6 Å². The second-order valence-electron chi connectivity index (χ2n) is 4.88. The lowest BCUT2D eigenvalue weighted by atomic mass is 10.2. The van der Waals surface area contributed by atoms with Crippen LogP contribution in [0.4, 0.5) is 16.4 Å². The Kier molecular flexibility index (Phi) is 4.09. The zero-order chi connectivity index (χ0) is 17.3. The minimum atomic E-state index is -0.943. The monoisotopic (exact) mass is 345 g/mol. The number of carbonyl (C=O) groups excluding carboxylic acids is 1. The normalized spacial score (nSPS) is 10.7. The third kappa shape index (κ3) is 2.88. The molecule has 9 heteroatoms. The van der Waals surface area contributed by atoms with E-state index in [2.05, 4.69) is 21.9 Å². The highest BCUT2D eigenvalue weighted by atomic mass is 32.1. The van der Waals surface area contributed by atoms with Crippen LogP contribution < -0.4 is 21.5 Å². The van der Waals surface area contributed by atoms with E-state index in [9.17, 15) is 4.79 Å². The lowest BCUT2D eigenvalue weighted by Crippen LogP contribution is -2.16. The first-order valence-corrected chi connectivity index (χ1v) is 7.80. The summed E-state index contributed by atoms with van der Waals surface area (Å²) in [6, 6.07) is 3.61. The number of anilines is 2. The van der Waals surface area contributed by atoms with Crippen molar-refractivity contribution in [1.29, 1.82) is 0 Å². The molecule has 0 fully saturated rings. The molecular formula is C15H15N5O3S. The molecule has 0 unspecified atom stereocenters. The highest BCUT2D eigenvalue weighted by molar-refractivity contribution is 7.21. The van der Waals surface area contributed by atoms with Gasteiger partial charge in [0.05, 0.1) is 11.1 Å². The molecular weight excluding hydrogens is 330 g/mol. The van der Waals surface area contributed by atoms with Crippen LogP contribution in [0, 0.1) is 6.92 Å². The van der Waals surface area contributed by atoms with Crippen molar-refractivity contribution in [3.05, 3.63) is 30.5 Å². The summed E-state index contributed by atoms with van der Waals surface area (Å²) in [5.41, 5.74) is 11.9. The van der Waals surface area contributed by atoms with Gasteiger partial charge in [-0.05, 0) is 19.1 Å². The predicted octanol–water partition coefficient (Wildman–Crippen LogP) is 2.90. The number of fused-ring (bicyclic) bond motifs is 1. The van der Waals surface area contributed by atoms with Gasteiger partial charge in [-0.2, -0.15) is 0 Å². The van der Waals surface area contributed by atoms with Crippen LogP contribution in [0.15, 0.2) is 29.2 Å². The number of aryl methyl sites for hydroxylation is 1. The van der Waals surface area contributed by atoms with Crippen LogP contribution in [0.25, 0.3) is 21.7 Å². The fourth-order valence-corrected chi connectivity index (χ4v) is 3.10. The second kappa shape index (κ2) is 6.20. The van der Waals surface area contributed by atoms with Gasteiger partial charge in [-0.15, -0.1) is 6.58 Å². The smallest absolute Gasteiger partial charge is 0.410 e. The Balaban J connectivity index is 2.22. The number of amides is 1. The van der Waals surface area contributed by atoms with Gasteiger partial charge in [0.2, 0.25) is 11.0 Å². The second-order valence-corrected chi connectivity index (χ2v) is 5.84. The first-order valence-electron chi connectivity index (χ1n) is 6.98. The molecule has 5 N–H and O–H groups in total. The topological polar surface area (TPSA) is 129 Å². The third-order valence-electron chi connectivity index (χ3n) is 3.13. The molecule has 1 amide bonds. The first-order chi connectivity index (χ1) is 11.5. The number of primary amides is 1. The maximum atomic E-state index is 11.0. The van der Waals surface area contributed by atoms with Crippen LogP contribution in [0.3, 0.4) is 0 Å². The van der Waals surface area contributed by atoms with Crippen molar-refractivity contribution in [3.8, 4) is 16.5 Å². The van der Waals surface area contributed by atoms with Gasteiger partial charge in [-0.3, -0.25) is 0 Å². The Bertz CT molecular complexity index is 931. The summed E-state index contributed by atoms with van der Waals surface area (Å²) >= 11 is 1.11. The molecule has 24 heavy (non-hydrogen) atoms. The summed E-state index contributed by atoms with van der Waals surface area (Å²) in [5.74, 6) is 1.66. The molecule has 124 valence electrons. The summed E-state index contributed by atoms with van der Waals surface area (Å²) in [6.07, 6.45) is 0.746. The summed E-state index contributed by atoms with van der Waals surface area (Å²) in [4.78, 5) is 20.4. The molecule has 8 nitrogen and oxygen atoms in total. The quantitative estimate of drug-likeness (QED) is 0.606. The molecule has 0 saturated carbocycles. The van der Waals surface area contributed by atoms with E-state index in [-0.39, 0.29) is 10.8 Å². The van der Waals surface area contributed by atoms with Crippen molar-refractivity contribution in [1.82, 2.24) is 9.97 Å². The zero-order valence-electron chi connectivity index (χ0n) is 12.8. The van der Waals surface area contributed by atoms with Gasteiger partial charge in [0, 0.05) is 6.54 Å². The van der Waals surface area contributed by atoms with Gasteiger partial charge in [0.25, 0.3) is 0 Å². The van der Waals surface area contributed by atoms with Gasteiger partial charge in [0.15, 0.2) is 5.76 Å². The number of nitrogens with zero attached hydrogens (tertiary/aromatic N) is 2. The molecule has 0 atom stereocenters. The molecule has 3 rings (SSSR count). The number of nitrogens with two attached hydrogens (primary N) is 2. The molecule has 0 aliphatic heterocycles. The maximum Gasteiger partial charge on any atom is 0.410 e. The van der Waals surface area contributed by atoms with Crippen molar-refractivity contribution in [2.24, 2.45) is 5.73 Å². The summed E-state index contributed by atoms with van der Waals surface area (Å²) in [5, 5.41) is 3.75. The van der Waals surface area contributed by atoms with Crippen molar-refractivity contribution in [3.63, 3.8) is 0 Å². The highest BCUT2D eigenvalue weighted by Crippen LogP contribution is 2.43. The van der Waals surface area contributed by atoms with Gasteiger partial charge >= 0.3 is 6.09 Å². The Morgan fingerprint density at radius 1 is 1.50 bits per heavy atom. The Morgan fingerprint density at radius 3 is 2.92 bits per heavy atom. The van der Waals surface area contributed by atoms with Gasteiger partial charge in [0.1, 0.15) is 16.3 Å². The molecule has 3 heterocycles. The number of ether oxygens (including phenoxy) is 1. The molecule has 0 radical (unpaired) electrons. The number of nitrogens with one attached hydrogen (secondary N) is 1. The van der Waals surface area contributed by atoms with E-state index in [1.54, 1.807) is 12.1 Å². The number of hydrogen-bond donors (Lipinski definition) is 3. The van der Waals surface area contributed by atoms with Crippen molar-refractivity contribution in [2.45, 2.75) is 6.92 Å². The van der Waals surface area contributed by atoms with Crippen LogP contribution in [0.5, 0.6) is 5.06 Å². The molecule has 0 saturated heterocycles. The van der Waals surface area contributed by atoms with E-state index in [1.165, 1.54) is 0 Å². The van der Waals surface area contributed by atoms with Crippen molar-refractivity contribution < 1.29 is 13.9 Å². The van der Waals surface area contributed by atoms with Gasteiger partial charge in [-0.1, -0.05) is 17.4 Å². The molecule has 0 bridgehead atoms. The standard InChI is InChI=1S/C15H15N5O3S/c1-3-6-18-15-19-11(8-5-4-7(2)22-8)9-10(16)13(23-14(17)21)24-12(9)20-15/h3-5H,1,6,16H2,2H3,(H2,17,21)(H,18,19,20). The lowest BCUT2D eigenvalue weighted by molar-refractivity contribution is 0.212. The fourth-order valence-electron chi connectivity index (χ4n) is 2.15. The highest BCUT2D eigenvalue weighted by Gasteiger charge is 2.21. The number of rotatable bonds is 5. The minimum absolute atomic E-state index is 0.178. The number of thiophene rings is 1. The lowest BCUT2D eigenvalue weighted by Gasteiger charge is -2.05. The fraction of sp³-hybridized carbons (Fsp3) is 0.133. The van der Waals surface area contributed by atoms with Gasteiger partial charge < -0.3 is 25.9 Å². The molecule has 3 aromatic rings. The number of carbonyl (C=O) groups is 1. The van der Waals surface area contributed by atoms with Crippen molar-refractivity contribution in [2.75, 3.05) is 17.6 Å². The molecule has 0 aromatic carbocycles. The number of nitrogen functional groups attached to an aromatic ring is 1. The molecule has 0 aliphatic carbocycles. The average Bonchev–Trinajstić information content (AvgIpc) is 3.09. The number of aromatic nitrogens is 2. The summed E-state index contributed by atoms with van der Waals surface area (Å²) in [6.45, 7) is 5.97. The SMILES string of the molecule is C=CCNc1nc(-c2ccc(C)o2)c2c(N)c(OC(N)=O)sc2n1. The predicted molar refractivity (Wildman–Crippen MR) is 93.2 cm³/mol. The van der Waals surface area contributed by atoms with Crippen LogP contribution >= 0.6 is 11.3 Å². The van der Waals surface area contributed by atoms with E-state index in [0.29, 0.717) is 34.2 Å². The summed E-state index contributed by atoms with van der Waals surface area (Å²) in [7, 11) is 0. The Labute approximate surface area is 141 Å². The Hall–Kier alpha value is -3.07. The largest absolute Gasteiger partial charge is 0.460 e. The molecule has 0 spiro atoms.